The average molecular weight is 496 g/mol. The highest BCUT2D eigenvalue weighted by atomic mass is 16.4. The predicted octanol–water partition coefficient (Wildman–Crippen LogP) is -2.29. The SMILES string of the molecule is CCC(C)C(N)C(=O)NC(CC(N)=O)C(=O)NC(Cc1ccc(O)cc1)C(=O)NC(CO)C(=O)O. The highest BCUT2D eigenvalue weighted by Gasteiger charge is 2.31. The first-order chi connectivity index (χ1) is 16.4. The van der Waals surface area contributed by atoms with Gasteiger partial charge in [-0.15, -0.1) is 0 Å². The van der Waals surface area contributed by atoms with Crippen LogP contribution in [0.4, 0.5) is 0 Å². The molecule has 4 amide bonds. The third-order valence-electron chi connectivity index (χ3n) is 5.40. The van der Waals surface area contributed by atoms with Gasteiger partial charge in [0.05, 0.1) is 19.1 Å². The van der Waals surface area contributed by atoms with Gasteiger partial charge >= 0.3 is 5.97 Å². The number of benzene rings is 1. The number of carbonyl (C=O) groups is 5. The fraction of sp³-hybridized carbons (Fsp3) is 0.500. The Morgan fingerprint density at radius 2 is 1.43 bits per heavy atom. The summed E-state index contributed by atoms with van der Waals surface area (Å²) in [6, 6.07) is 0.274. The molecular weight excluding hydrogens is 462 g/mol. The molecule has 13 nitrogen and oxygen atoms in total. The summed E-state index contributed by atoms with van der Waals surface area (Å²) in [6.45, 7) is 2.68. The first kappa shape index (κ1) is 29.3. The number of nitrogens with two attached hydrogens (primary N) is 2. The van der Waals surface area contributed by atoms with E-state index in [2.05, 4.69) is 16.0 Å². The summed E-state index contributed by atoms with van der Waals surface area (Å²) >= 11 is 0. The number of amides is 4. The normalized spacial score (nSPS) is 15.1. The summed E-state index contributed by atoms with van der Waals surface area (Å²) in [4.78, 5) is 60.9. The molecule has 10 N–H and O–H groups in total. The number of phenolic OH excluding ortho intramolecular Hbond substituents is 1. The first-order valence-electron chi connectivity index (χ1n) is 11.0. The average Bonchev–Trinajstić information content (AvgIpc) is 2.81. The predicted molar refractivity (Wildman–Crippen MR) is 124 cm³/mol. The van der Waals surface area contributed by atoms with E-state index in [0.29, 0.717) is 12.0 Å². The quantitative estimate of drug-likeness (QED) is 0.138. The third kappa shape index (κ3) is 9.59. The molecule has 13 heteroatoms. The second-order valence-corrected chi connectivity index (χ2v) is 8.16. The summed E-state index contributed by atoms with van der Waals surface area (Å²) in [5.74, 6) is -5.19. The van der Waals surface area contributed by atoms with E-state index >= 15 is 0 Å². The summed E-state index contributed by atoms with van der Waals surface area (Å²) < 4.78 is 0. The second-order valence-electron chi connectivity index (χ2n) is 8.16. The number of carbonyl (C=O) groups excluding carboxylic acids is 4. The monoisotopic (exact) mass is 495 g/mol. The zero-order valence-corrected chi connectivity index (χ0v) is 19.6. The fourth-order valence-corrected chi connectivity index (χ4v) is 3.00. The lowest BCUT2D eigenvalue weighted by Gasteiger charge is -2.25. The summed E-state index contributed by atoms with van der Waals surface area (Å²) in [7, 11) is 0. The number of aliphatic hydroxyl groups is 1. The molecule has 35 heavy (non-hydrogen) atoms. The van der Waals surface area contributed by atoms with Crippen LogP contribution in [0.25, 0.3) is 0 Å². The van der Waals surface area contributed by atoms with Gasteiger partial charge in [0.25, 0.3) is 0 Å². The number of phenols is 1. The van der Waals surface area contributed by atoms with Crippen LogP contribution < -0.4 is 27.4 Å². The minimum atomic E-state index is -1.63. The molecule has 194 valence electrons. The van der Waals surface area contributed by atoms with E-state index in [1.165, 1.54) is 24.3 Å². The van der Waals surface area contributed by atoms with E-state index in [0.717, 1.165) is 0 Å². The number of primary amides is 1. The number of carboxylic acid groups (broad SMARTS) is 1. The smallest absolute Gasteiger partial charge is 0.328 e. The van der Waals surface area contributed by atoms with E-state index in [1.54, 1.807) is 6.92 Å². The third-order valence-corrected chi connectivity index (χ3v) is 5.40. The van der Waals surface area contributed by atoms with E-state index in [-0.39, 0.29) is 18.1 Å². The molecule has 0 spiro atoms. The maximum Gasteiger partial charge on any atom is 0.328 e. The second kappa shape index (κ2) is 13.9. The largest absolute Gasteiger partial charge is 0.508 e. The molecule has 0 aliphatic heterocycles. The number of aliphatic hydroxyl groups excluding tert-OH is 1. The molecule has 1 aromatic carbocycles. The van der Waals surface area contributed by atoms with Crippen LogP contribution in [-0.2, 0) is 30.4 Å². The van der Waals surface area contributed by atoms with Gasteiger partial charge in [0, 0.05) is 6.42 Å². The van der Waals surface area contributed by atoms with Crippen LogP contribution in [0.1, 0.15) is 32.3 Å². The van der Waals surface area contributed by atoms with Gasteiger partial charge in [0.2, 0.25) is 23.6 Å². The molecular formula is C22H33N5O8. The van der Waals surface area contributed by atoms with Gasteiger partial charge in [0.1, 0.15) is 23.9 Å². The number of hydrogen-bond acceptors (Lipinski definition) is 8. The molecule has 0 aliphatic rings. The van der Waals surface area contributed by atoms with Gasteiger partial charge in [-0.05, 0) is 23.6 Å². The molecule has 0 bridgehead atoms. The van der Waals surface area contributed by atoms with Crippen molar-refractivity contribution in [1.29, 1.82) is 0 Å². The number of aromatic hydroxyl groups is 1. The van der Waals surface area contributed by atoms with E-state index in [1.807, 2.05) is 6.92 Å². The first-order valence-corrected chi connectivity index (χ1v) is 11.0. The molecule has 5 unspecified atom stereocenters. The Balaban J connectivity index is 3.14. The lowest BCUT2D eigenvalue weighted by atomic mass is 9.98. The van der Waals surface area contributed by atoms with Gasteiger partial charge in [-0.3, -0.25) is 19.2 Å². The molecule has 0 saturated heterocycles. The van der Waals surface area contributed by atoms with Crippen molar-refractivity contribution in [2.24, 2.45) is 17.4 Å². The zero-order chi connectivity index (χ0) is 26.7. The Morgan fingerprint density at radius 3 is 1.91 bits per heavy atom. The van der Waals surface area contributed by atoms with Crippen molar-refractivity contribution in [3.63, 3.8) is 0 Å². The van der Waals surface area contributed by atoms with Crippen LogP contribution in [0.3, 0.4) is 0 Å². The number of carboxylic acids is 1. The number of aliphatic carboxylic acids is 1. The minimum absolute atomic E-state index is 0.0353. The number of nitrogens with one attached hydrogen (secondary N) is 3. The summed E-state index contributed by atoms with van der Waals surface area (Å²) in [5, 5.41) is 34.7. The molecule has 0 heterocycles. The van der Waals surface area contributed by atoms with Gasteiger partial charge in [-0.25, -0.2) is 4.79 Å². The molecule has 0 radical (unpaired) electrons. The van der Waals surface area contributed by atoms with E-state index in [9.17, 15) is 34.2 Å². The summed E-state index contributed by atoms with van der Waals surface area (Å²) in [6.07, 6.45) is -0.127. The number of hydrogen-bond donors (Lipinski definition) is 8. The topological polar surface area (TPSA) is 234 Å². The molecule has 1 rings (SSSR count). The van der Waals surface area contributed by atoms with Crippen molar-refractivity contribution in [2.75, 3.05) is 6.61 Å². The van der Waals surface area contributed by atoms with Crippen molar-refractivity contribution in [3.8, 4) is 5.75 Å². The van der Waals surface area contributed by atoms with Gasteiger partial charge in [-0.1, -0.05) is 32.4 Å². The van der Waals surface area contributed by atoms with Gasteiger partial charge in [-0.2, -0.15) is 0 Å². The van der Waals surface area contributed by atoms with Crippen LogP contribution >= 0.6 is 0 Å². The van der Waals surface area contributed by atoms with Gasteiger partial charge < -0.3 is 42.7 Å². The highest BCUT2D eigenvalue weighted by molar-refractivity contribution is 5.96. The molecule has 5 atom stereocenters. The van der Waals surface area contributed by atoms with Crippen LogP contribution in [0.15, 0.2) is 24.3 Å². The van der Waals surface area contributed by atoms with Gasteiger partial charge in [0.15, 0.2) is 0 Å². The van der Waals surface area contributed by atoms with Crippen molar-refractivity contribution in [2.45, 2.75) is 57.3 Å². The van der Waals surface area contributed by atoms with Crippen LogP contribution in [0.5, 0.6) is 5.75 Å². The van der Waals surface area contributed by atoms with Crippen molar-refractivity contribution in [3.05, 3.63) is 29.8 Å². The Labute approximate surface area is 202 Å². The Morgan fingerprint density at radius 1 is 0.914 bits per heavy atom. The lowest BCUT2D eigenvalue weighted by Crippen LogP contribution is -2.59. The number of rotatable bonds is 14. The molecule has 0 saturated carbocycles. The minimum Gasteiger partial charge on any atom is -0.508 e. The van der Waals surface area contributed by atoms with E-state index in [4.69, 9.17) is 16.6 Å². The van der Waals surface area contributed by atoms with E-state index < -0.39 is 66.8 Å². The fourth-order valence-electron chi connectivity index (χ4n) is 3.00. The molecule has 0 aromatic heterocycles. The van der Waals surface area contributed by atoms with Crippen molar-refractivity contribution >= 4 is 29.6 Å². The maximum absolute atomic E-state index is 13.0. The van der Waals surface area contributed by atoms with Crippen molar-refractivity contribution < 1.29 is 39.3 Å². The maximum atomic E-state index is 13.0. The molecule has 0 aliphatic carbocycles. The van der Waals surface area contributed by atoms with Crippen LogP contribution in [0.2, 0.25) is 0 Å². The van der Waals surface area contributed by atoms with Crippen molar-refractivity contribution in [1.82, 2.24) is 16.0 Å². The Hall–Kier alpha value is -3.71. The molecule has 1 aromatic rings. The summed E-state index contributed by atoms with van der Waals surface area (Å²) in [5.41, 5.74) is 11.6. The van der Waals surface area contributed by atoms with Crippen LogP contribution in [0, 0.1) is 5.92 Å². The molecule has 0 fully saturated rings. The Kier molecular flexibility index (Phi) is 11.6. The standard InChI is InChI=1S/C22H33N5O8/c1-3-11(2)18(24)21(33)26-15(9-17(23)30)20(32)25-14(8-12-4-6-13(29)7-5-12)19(31)27-16(10-28)22(34)35/h4-7,11,14-16,18,28-29H,3,8-10,24H2,1-2H3,(H2,23,30)(H,25,32)(H,26,33)(H,27,31)(H,34,35). The zero-order valence-electron chi connectivity index (χ0n) is 19.6. The lowest BCUT2D eigenvalue weighted by molar-refractivity contribution is -0.143. The Bertz CT molecular complexity index is 908. The van der Waals surface area contributed by atoms with Crippen LogP contribution in [-0.4, -0.2) is 75.7 Å². The highest BCUT2D eigenvalue weighted by Crippen LogP contribution is 2.12.